The molecule has 0 heterocycles. The van der Waals surface area contributed by atoms with Gasteiger partial charge in [0.05, 0.1) is 6.61 Å². The Hall–Kier alpha value is -2.40. The van der Waals surface area contributed by atoms with Gasteiger partial charge in [0, 0.05) is 12.8 Å². The molecule has 1 N–H and O–H groups in total. The van der Waals surface area contributed by atoms with Crippen LogP contribution >= 0.6 is 0 Å². The third-order valence-electron chi connectivity index (χ3n) is 13.3. The van der Waals surface area contributed by atoms with Gasteiger partial charge in [-0.3, -0.25) is 9.59 Å². The molecule has 0 fully saturated rings. The summed E-state index contributed by atoms with van der Waals surface area (Å²) in [7, 11) is 0. The summed E-state index contributed by atoms with van der Waals surface area (Å²) >= 11 is 0. The summed E-state index contributed by atoms with van der Waals surface area (Å²) in [5.74, 6) is -0.577. The lowest BCUT2D eigenvalue weighted by molar-refractivity contribution is -0.161. The number of allylic oxidation sites excluding steroid dienone is 10. The van der Waals surface area contributed by atoms with Crippen LogP contribution in [0.25, 0.3) is 0 Å². The Morgan fingerprint density at radius 3 is 0.956 bits per heavy atom. The maximum atomic E-state index is 12.3. The summed E-state index contributed by atoms with van der Waals surface area (Å²) < 4.78 is 10.7. The van der Waals surface area contributed by atoms with Crippen molar-refractivity contribution in [3.8, 4) is 0 Å². The summed E-state index contributed by atoms with van der Waals surface area (Å²) in [6.07, 6.45) is 79.2. The van der Waals surface area contributed by atoms with Gasteiger partial charge in [0.25, 0.3) is 0 Å². The van der Waals surface area contributed by atoms with Gasteiger partial charge in [-0.1, -0.05) is 299 Å². The van der Waals surface area contributed by atoms with Gasteiger partial charge in [0.15, 0.2) is 6.10 Å². The molecule has 5 nitrogen and oxygen atoms in total. The lowest BCUT2D eigenvalue weighted by atomic mass is 10.0. The highest BCUT2D eigenvalue weighted by atomic mass is 16.6. The Bertz CT molecular complexity index is 1170. The zero-order valence-corrected chi connectivity index (χ0v) is 45.4. The minimum atomic E-state index is -0.773. The van der Waals surface area contributed by atoms with E-state index in [1.807, 2.05) is 0 Å². The zero-order valence-electron chi connectivity index (χ0n) is 45.4. The average molecular weight is 952 g/mol. The molecule has 1 unspecified atom stereocenters. The van der Waals surface area contributed by atoms with Crippen molar-refractivity contribution in [1.29, 1.82) is 0 Å². The minimum Gasteiger partial charge on any atom is -0.462 e. The molecular formula is C63H114O5. The van der Waals surface area contributed by atoms with E-state index >= 15 is 0 Å². The van der Waals surface area contributed by atoms with Crippen LogP contribution in [-0.4, -0.2) is 36.4 Å². The fraction of sp³-hybridized carbons (Fsp3) is 0.810. The molecule has 1 atom stereocenters. The van der Waals surface area contributed by atoms with E-state index in [4.69, 9.17) is 9.47 Å². The summed E-state index contributed by atoms with van der Waals surface area (Å²) in [5, 5.41) is 9.67. The molecule has 0 spiro atoms. The maximum absolute atomic E-state index is 12.3. The van der Waals surface area contributed by atoms with Crippen LogP contribution in [0.2, 0.25) is 0 Å². The fourth-order valence-electron chi connectivity index (χ4n) is 8.88. The first-order valence-corrected chi connectivity index (χ1v) is 29.8. The predicted octanol–water partition coefficient (Wildman–Crippen LogP) is 20.2. The van der Waals surface area contributed by atoms with E-state index in [1.54, 1.807) is 0 Å². The number of aliphatic hydroxyl groups excluding tert-OH is 1. The number of hydrogen-bond donors (Lipinski definition) is 1. The van der Waals surface area contributed by atoms with E-state index < -0.39 is 6.10 Å². The second-order valence-electron chi connectivity index (χ2n) is 20.1. The highest BCUT2D eigenvalue weighted by Gasteiger charge is 2.16. The molecule has 0 aromatic rings. The average Bonchev–Trinajstić information content (AvgIpc) is 3.34. The van der Waals surface area contributed by atoms with Gasteiger partial charge < -0.3 is 14.6 Å². The van der Waals surface area contributed by atoms with Gasteiger partial charge in [0.1, 0.15) is 6.61 Å². The Kier molecular flexibility index (Phi) is 56.8. The molecule has 0 rings (SSSR count). The number of esters is 2. The van der Waals surface area contributed by atoms with Crippen molar-refractivity contribution in [2.75, 3.05) is 13.2 Å². The monoisotopic (exact) mass is 951 g/mol. The molecular weight excluding hydrogens is 837 g/mol. The van der Waals surface area contributed by atoms with Crippen molar-refractivity contribution in [2.24, 2.45) is 0 Å². The Morgan fingerprint density at radius 1 is 0.353 bits per heavy atom. The molecule has 0 saturated heterocycles. The van der Waals surface area contributed by atoms with Crippen LogP contribution in [0.4, 0.5) is 0 Å². The highest BCUT2D eigenvalue weighted by Crippen LogP contribution is 2.17. The largest absolute Gasteiger partial charge is 0.462 e. The van der Waals surface area contributed by atoms with Crippen molar-refractivity contribution < 1.29 is 24.2 Å². The summed E-state index contributed by atoms with van der Waals surface area (Å²) in [6, 6.07) is 0. The predicted molar refractivity (Wildman–Crippen MR) is 297 cm³/mol. The van der Waals surface area contributed by atoms with Crippen molar-refractivity contribution in [2.45, 2.75) is 315 Å². The van der Waals surface area contributed by atoms with Gasteiger partial charge >= 0.3 is 11.9 Å². The Balaban J connectivity index is 3.45. The van der Waals surface area contributed by atoms with Crippen LogP contribution in [-0.2, 0) is 19.1 Å². The smallest absolute Gasteiger partial charge is 0.306 e. The number of unbranched alkanes of at least 4 members (excludes halogenated alkanes) is 37. The standard InChI is InChI=1S/C63H114O5/c1-3-5-7-9-11-13-15-17-19-21-23-25-27-29-30-31-32-34-36-38-40-42-44-46-48-50-52-54-56-58-63(66)68-61(59-64)60-67-62(65)57-55-53-51-49-47-45-43-41-39-37-35-33-28-26-24-22-20-18-16-14-12-10-8-6-4-2/h5,7,11,13,17,19,23,25,29-30,61,64H,3-4,6,8-10,12,14-16,18,20-22,24,26-28,31-60H2,1-2H3/b7-5-,13-11-,19-17-,25-23-,30-29-. The van der Waals surface area contributed by atoms with E-state index in [2.05, 4.69) is 74.6 Å². The first-order valence-electron chi connectivity index (χ1n) is 29.8. The number of carbonyl (C=O) groups excluding carboxylic acids is 2. The third-order valence-corrected chi connectivity index (χ3v) is 13.3. The first-order chi connectivity index (χ1) is 33.6. The maximum Gasteiger partial charge on any atom is 0.306 e. The van der Waals surface area contributed by atoms with E-state index in [9.17, 15) is 14.7 Å². The molecule has 0 amide bonds. The van der Waals surface area contributed by atoms with E-state index in [-0.39, 0.29) is 25.2 Å². The number of ether oxygens (including phenoxy) is 2. The molecule has 0 aromatic carbocycles. The fourth-order valence-corrected chi connectivity index (χ4v) is 8.88. The van der Waals surface area contributed by atoms with Gasteiger partial charge in [-0.05, 0) is 57.8 Å². The summed E-state index contributed by atoms with van der Waals surface area (Å²) in [5.41, 5.74) is 0. The van der Waals surface area contributed by atoms with Crippen LogP contribution < -0.4 is 0 Å². The lowest BCUT2D eigenvalue weighted by Crippen LogP contribution is -2.28. The topological polar surface area (TPSA) is 72.8 Å². The number of hydrogen-bond acceptors (Lipinski definition) is 5. The van der Waals surface area contributed by atoms with Crippen LogP contribution in [0.3, 0.4) is 0 Å². The van der Waals surface area contributed by atoms with Crippen LogP contribution in [0.1, 0.15) is 309 Å². The second kappa shape index (κ2) is 58.9. The molecule has 68 heavy (non-hydrogen) atoms. The van der Waals surface area contributed by atoms with Crippen LogP contribution in [0, 0.1) is 0 Å². The molecule has 0 aliphatic heterocycles. The highest BCUT2D eigenvalue weighted by molar-refractivity contribution is 5.70. The van der Waals surface area contributed by atoms with Gasteiger partial charge in [-0.15, -0.1) is 0 Å². The quantitative estimate of drug-likeness (QED) is 0.0374. The van der Waals surface area contributed by atoms with Crippen molar-refractivity contribution in [3.05, 3.63) is 60.8 Å². The second-order valence-corrected chi connectivity index (χ2v) is 20.1. The van der Waals surface area contributed by atoms with Crippen molar-refractivity contribution >= 4 is 11.9 Å². The lowest BCUT2D eigenvalue weighted by Gasteiger charge is -2.15. The van der Waals surface area contributed by atoms with Gasteiger partial charge in [-0.25, -0.2) is 0 Å². The molecule has 0 aromatic heterocycles. The molecule has 5 heteroatoms. The normalized spacial score (nSPS) is 12.6. The third kappa shape index (κ3) is 56.2. The Labute approximate surface area is 423 Å². The Morgan fingerprint density at radius 2 is 0.632 bits per heavy atom. The minimum absolute atomic E-state index is 0.0632. The summed E-state index contributed by atoms with van der Waals surface area (Å²) in [4.78, 5) is 24.6. The molecule has 0 aliphatic carbocycles. The number of carbonyl (C=O) groups is 2. The van der Waals surface area contributed by atoms with Crippen LogP contribution in [0.5, 0.6) is 0 Å². The molecule has 0 radical (unpaired) electrons. The SMILES string of the molecule is CC/C=C\C/C=C\C/C=C\C/C=C\C/C=C\CCCCCCCCCCCCCCCC(=O)OC(CO)COC(=O)CCCCCCCCCCCCCCCCCCCCCCCCCCC. The number of aliphatic hydroxyl groups is 1. The van der Waals surface area contributed by atoms with Gasteiger partial charge in [-0.2, -0.15) is 0 Å². The molecule has 0 saturated carbocycles. The van der Waals surface area contributed by atoms with Crippen molar-refractivity contribution in [1.82, 2.24) is 0 Å². The van der Waals surface area contributed by atoms with E-state index in [0.717, 1.165) is 70.6 Å². The van der Waals surface area contributed by atoms with Crippen LogP contribution in [0.15, 0.2) is 60.8 Å². The molecule has 396 valence electrons. The van der Waals surface area contributed by atoms with E-state index in [0.29, 0.717) is 12.8 Å². The zero-order chi connectivity index (χ0) is 49.2. The number of rotatable bonds is 55. The van der Waals surface area contributed by atoms with E-state index in [1.165, 1.54) is 212 Å². The molecule has 0 bridgehead atoms. The van der Waals surface area contributed by atoms with Crippen molar-refractivity contribution in [3.63, 3.8) is 0 Å². The first kappa shape index (κ1) is 65.6. The van der Waals surface area contributed by atoms with Gasteiger partial charge in [0.2, 0.25) is 0 Å². The molecule has 0 aliphatic rings. The summed E-state index contributed by atoms with van der Waals surface area (Å²) in [6.45, 7) is 4.07.